The van der Waals surface area contributed by atoms with Gasteiger partial charge in [0, 0.05) is 41.3 Å². The molecule has 0 aliphatic rings. The summed E-state index contributed by atoms with van der Waals surface area (Å²) in [5.74, 6) is 2.67. The summed E-state index contributed by atoms with van der Waals surface area (Å²) in [4.78, 5) is 9.70. The third kappa shape index (κ3) is 5.46. The summed E-state index contributed by atoms with van der Waals surface area (Å²) in [5, 5.41) is 4.14. The first kappa shape index (κ1) is 32.7. The Morgan fingerprint density at radius 3 is 2.27 bits per heavy atom. The Labute approximate surface area is 310 Å². The minimum absolute atomic E-state index is 0. The van der Waals surface area contributed by atoms with Gasteiger partial charge < -0.3 is 18.3 Å². The van der Waals surface area contributed by atoms with E-state index in [1.807, 2.05) is 48.9 Å². The molecule has 9 rings (SSSR count). The monoisotopic (exact) mass is 845 g/mol. The van der Waals surface area contributed by atoms with Gasteiger partial charge in [0.2, 0.25) is 0 Å². The van der Waals surface area contributed by atoms with Crippen LogP contribution in [0, 0.1) is 26.0 Å². The molecular weight excluding hydrogens is 812 g/mol. The largest absolute Gasteiger partial charge is 2.00 e. The molecule has 0 aliphatic heterocycles. The molecule has 0 atom stereocenters. The fraction of sp³-hybridized carbons (Fsp3) is 0.136. The van der Waals surface area contributed by atoms with Gasteiger partial charge in [-0.15, -0.1) is 17.5 Å². The maximum atomic E-state index is 6.65. The fourth-order valence-electron chi connectivity index (χ4n) is 7.14. The predicted molar refractivity (Wildman–Crippen MR) is 201 cm³/mol. The Hall–Kier alpha value is -5.45. The summed E-state index contributed by atoms with van der Waals surface area (Å²) < 4.78 is 17.4. The predicted octanol–water partition coefficient (Wildman–Crippen LogP) is 11.2. The molecule has 0 N–H and O–H groups in total. The number of hydrogen-bond acceptors (Lipinski definition) is 4. The Morgan fingerprint density at radius 2 is 1.47 bits per heavy atom. The van der Waals surface area contributed by atoms with Gasteiger partial charge in [0.1, 0.15) is 11.4 Å². The zero-order valence-electron chi connectivity index (χ0n) is 28.9. The molecule has 0 bridgehead atoms. The normalized spacial score (nSPS) is 11.9. The van der Waals surface area contributed by atoms with E-state index in [0.717, 1.165) is 72.2 Å². The van der Waals surface area contributed by atoms with E-state index in [1.165, 1.54) is 5.56 Å². The van der Waals surface area contributed by atoms with E-state index in [4.69, 9.17) is 19.1 Å². The molecule has 0 unspecified atom stereocenters. The van der Waals surface area contributed by atoms with Crippen LogP contribution in [0.3, 0.4) is 0 Å². The minimum Gasteiger partial charge on any atom is -0.503 e. The van der Waals surface area contributed by atoms with Crippen LogP contribution < -0.4 is 4.74 Å². The van der Waals surface area contributed by atoms with E-state index in [-0.39, 0.29) is 26.5 Å². The van der Waals surface area contributed by atoms with Crippen molar-refractivity contribution in [3.63, 3.8) is 0 Å². The average molecular weight is 846 g/mol. The van der Waals surface area contributed by atoms with Crippen molar-refractivity contribution in [1.82, 2.24) is 19.1 Å². The van der Waals surface area contributed by atoms with Gasteiger partial charge in [0.15, 0.2) is 0 Å². The number of pyridine rings is 1. The van der Waals surface area contributed by atoms with Crippen molar-refractivity contribution in [3.05, 3.63) is 144 Å². The zero-order valence-corrected chi connectivity index (χ0v) is 31.2. The molecule has 252 valence electrons. The van der Waals surface area contributed by atoms with Gasteiger partial charge in [-0.2, -0.15) is 6.07 Å². The topological polar surface area (TPSA) is 58.0 Å². The van der Waals surface area contributed by atoms with E-state index in [0.29, 0.717) is 17.1 Å². The molecule has 0 saturated carbocycles. The number of nitrogens with zero attached hydrogens (tertiary/aromatic N) is 4. The third-order valence-electron chi connectivity index (χ3n) is 9.55. The molecule has 5 aromatic carbocycles. The van der Waals surface area contributed by atoms with Crippen LogP contribution in [-0.2, 0) is 26.5 Å². The first-order valence-electron chi connectivity index (χ1n) is 16.8. The van der Waals surface area contributed by atoms with Crippen LogP contribution in [0.2, 0.25) is 0 Å². The summed E-state index contributed by atoms with van der Waals surface area (Å²) in [7, 11) is 0. The molecule has 7 heteroatoms. The molecule has 0 spiro atoms. The summed E-state index contributed by atoms with van der Waals surface area (Å²) in [6, 6.07) is 40.2. The molecule has 9 aromatic rings. The molecule has 0 aliphatic carbocycles. The molecule has 0 radical (unpaired) electrons. The number of aromatic nitrogens is 4. The molecule has 6 nitrogen and oxygen atoms in total. The summed E-state index contributed by atoms with van der Waals surface area (Å²) >= 11 is 0. The summed E-state index contributed by atoms with van der Waals surface area (Å²) in [6.07, 6.45) is 5.72. The van der Waals surface area contributed by atoms with Crippen LogP contribution in [0.4, 0.5) is 0 Å². The van der Waals surface area contributed by atoms with Crippen molar-refractivity contribution in [2.75, 3.05) is 0 Å². The molecule has 0 fully saturated rings. The Morgan fingerprint density at radius 1 is 0.706 bits per heavy atom. The number of aryl methyl sites for hydroxylation is 2. The van der Waals surface area contributed by atoms with E-state index in [9.17, 15) is 0 Å². The first-order valence-corrected chi connectivity index (χ1v) is 16.8. The Balaban J connectivity index is 0.00000374. The summed E-state index contributed by atoms with van der Waals surface area (Å²) in [6.45, 7) is 10.9. The van der Waals surface area contributed by atoms with Gasteiger partial charge >= 0.3 is 21.1 Å². The second-order valence-electron chi connectivity index (χ2n) is 13.9. The van der Waals surface area contributed by atoms with Crippen LogP contribution in [-0.4, -0.2) is 19.1 Å². The van der Waals surface area contributed by atoms with Crippen molar-refractivity contribution in [2.24, 2.45) is 0 Å². The maximum absolute atomic E-state index is 6.65. The van der Waals surface area contributed by atoms with E-state index < -0.39 is 0 Å². The number of rotatable bonds is 5. The van der Waals surface area contributed by atoms with Gasteiger partial charge in [0.25, 0.3) is 0 Å². The number of imidazole rings is 1. The second kappa shape index (κ2) is 12.4. The van der Waals surface area contributed by atoms with Crippen LogP contribution in [0.1, 0.15) is 37.5 Å². The van der Waals surface area contributed by atoms with Crippen LogP contribution in [0.5, 0.6) is 11.5 Å². The molecule has 4 aromatic heterocycles. The van der Waals surface area contributed by atoms with Crippen LogP contribution in [0.25, 0.3) is 66.6 Å². The van der Waals surface area contributed by atoms with Crippen LogP contribution >= 0.6 is 0 Å². The zero-order chi connectivity index (χ0) is 34.1. The Kier molecular flexibility index (Phi) is 7.96. The smallest absolute Gasteiger partial charge is 0.503 e. The standard InChI is InChI=1S/C44H34N4O2.Pt/c1-27-11-10-12-28(2)42(27)47-22-21-46-43(47)35-24-31(26-39-41(35)34-14-7-9-16-38(34)50-39)49-30-17-18-33-32-13-6-8-15-36(32)48(37(33)25-30)40-23-29(19-20-45-40)44(3,4)5;/h6-23,26H,1-5H3;/q-2;+2. The van der Waals surface area contributed by atoms with Gasteiger partial charge in [-0.05, 0) is 71.0 Å². The summed E-state index contributed by atoms with van der Waals surface area (Å²) in [5.41, 5.74) is 8.83. The van der Waals surface area contributed by atoms with Crippen LogP contribution in [0.15, 0.2) is 120 Å². The molecule has 51 heavy (non-hydrogen) atoms. The van der Waals surface area contributed by atoms with Gasteiger partial charge in [-0.1, -0.05) is 104 Å². The van der Waals surface area contributed by atoms with Gasteiger partial charge in [0.05, 0.1) is 11.4 Å². The second-order valence-corrected chi connectivity index (χ2v) is 13.9. The maximum Gasteiger partial charge on any atom is 2.00 e. The Bertz CT molecular complexity index is 2740. The SMILES string of the molecule is Cc1cccc(C)c1-n1ccnc1-c1[c-]c(Oc2[c-]c3c(cc2)c2ccccc2n3-c2cc(C(C)(C)C)ccn2)cc2oc3ccccc3c12.[Pt+2]. The van der Waals surface area contributed by atoms with Crippen molar-refractivity contribution >= 4 is 43.7 Å². The van der Waals surface area contributed by atoms with Crippen molar-refractivity contribution in [3.8, 4) is 34.4 Å². The van der Waals surface area contributed by atoms with E-state index >= 15 is 0 Å². The quantitative estimate of drug-likeness (QED) is 0.162. The minimum atomic E-state index is -0.0239. The number of furan rings is 1. The van der Waals surface area contributed by atoms with Gasteiger partial charge in [-0.25, -0.2) is 4.98 Å². The number of ether oxygens (including phenoxy) is 1. The van der Waals surface area contributed by atoms with Crippen molar-refractivity contribution < 1.29 is 30.2 Å². The number of fused-ring (bicyclic) bond motifs is 6. The van der Waals surface area contributed by atoms with Crippen molar-refractivity contribution in [1.29, 1.82) is 0 Å². The van der Waals surface area contributed by atoms with Gasteiger partial charge in [-0.3, -0.25) is 4.98 Å². The van der Waals surface area contributed by atoms with E-state index in [2.05, 4.69) is 123 Å². The number of benzene rings is 5. The van der Waals surface area contributed by atoms with E-state index in [1.54, 1.807) is 0 Å². The molecule has 0 amide bonds. The van der Waals surface area contributed by atoms with Crippen molar-refractivity contribution in [2.45, 2.75) is 40.0 Å². The molecule has 4 heterocycles. The molecule has 0 saturated heterocycles. The third-order valence-corrected chi connectivity index (χ3v) is 9.55. The molecular formula is C44H34N4O2Pt. The number of para-hydroxylation sites is 3. The number of hydrogen-bond donors (Lipinski definition) is 0. The average Bonchev–Trinajstić information content (AvgIpc) is 3.82. The first-order chi connectivity index (χ1) is 24.2. The fourth-order valence-corrected chi connectivity index (χ4v) is 7.14.